The molecule has 25 heavy (non-hydrogen) atoms. The second-order valence-corrected chi connectivity index (χ2v) is 16.6. The topological polar surface area (TPSA) is 78.3 Å². The summed E-state index contributed by atoms with van der Waals surface area (Å²) in [6, 6.07) is 2.40. The Bertz CT molecular complexity index is 317. The first-order valence-electron chi connectivity index (χ1n) is 9.47. The molecule has 1 heterocycles. The van der Waals surface area contributed by atoms with E-state index in [2.05, 4.69) is 31.5 Å². The van der Waals surface area contributed by atoms with Crippen LogP contribution in [-0.4, -0.2) is 76.4 Å². The first-order chi connectivity index (χ1) is 11.8. The largest absolute Gasteiger partial charge is 0.420 e. The van der Waals surface area contributed by atoms with E-state index in [4.69, 9.17) is 24.1 Å². The van der Waals surface area contributed by atoms with Gasteiger partial charge < -0.3 is 29.4 Å². The minimum Gasteiger partial charge on any atom is -0.420 e. The molecule has 1 atom stereocenters. The molecule has 1 fully saturated rings. The Balaban J connectivity index is 0.000000463. The van der Waals surface area contributed by atoms with E-state index in [0.29, 0.717) is 6.10 Å². The molecule has 0 bridgehead atoms. The molecule has 1 aliphatic heterocycles. The van der Waals surface area contributed by atoms with E-state index in [1.807, 2.05) is 14.2 Å². The highest BCUT2D eigenvalue weighted by atomic mass is 28.4. The molecule has 1 aliphatic rings. The number of nitrogens with two attached hydrogens (primary N) is 1. The minimum atomic E-state index is -1.35. The van der Waals surface area contributed by atoms with Crippen LogP contribution >= 0.6 is 0 Å². The molecule has 0 amide bonds. The van der Waals surface area contributed by atoms with Crippen molar-refractivity contribution in [2.75, 3.05) is 53.7 Å². The first-order valence-corrected chi connectivity index (χ1v) is 15.7. The smallest absolute Gasteiger partial charge is 0.186 e. The van der Waals surface area contributed by atoms with Gasteiger partial charge in [0.05, 0.1) is 13.2 Å². The summed E-state index contributed by atoms with van der Waals surface area (Å²) in [7, 11) is 0.971. The second-order valence-electron chi connectivity index (χ2n) is 7.70. The van der Waals surface area contributed by atoms with Crippen molar-refractivity contribution in [3.05, 3.63) is 0 Å². The van der Waals surface area contributed by atoms with Crippen LogP contribution in [0.4, 0.5) is 0 Å². The zero-order valence-corrected chi connectivity index (χ0v) is 19.4. The number of hydrogen-bond acceptors (Lipinski definition) is 6. The summed E-state index contributed by atoms with van der Waals surface area (Å²) in [5.41, 5.74) is 5.34. The molecular weight excluding hydrogens is 352 g/mol. The van der Waals surface area contributed by atoms with Gasteiger partial charge in [-0.05, 0) is 57.7 Å². The summed E-state index contributed by atoms with van der Waals surface area (Å²) < 4.78 is 21.3. The van der Waals surface area contributed by atoms with E-state index < -0.39 is 16.6 Å². The zero-order valence-electron chi connectivity index (χ0n) is 17.4. The number of nitrogens with one attached hydrogen (secondary N) is 1. The van der Waals surface area contributed by atoms with Crippen molar-refractivity contribution in [1.82, 2.24) is 5.32 Å². The third-order valence-corrected chi connectivity index (χ3v) is 9.66. The number of epoxide rings is 1. The highest BCUT2D eigenvalue weighted by molar-refractivity contribution is 6.71. The highest BCUT2D eigenvalue weighted by Gasteiger charge is 2.23. The van der Waals surface area contributed by atoms with Gasteiger partial charge in [0.1, 0.15) is 6.10 Å². The maximum absolute atomic E-state index is 5.44. The van der Waals surface area contributed by atoms with Gasteiger partial charge in [-0.3, -0.25) is 0 Å². The highest BCUT2D eigenvalue weighted by Crippen LogP contribution is 2.13. The molecule has 1 saturated heterocycles. The quantitative estimate of drug-likeness (QED) is 0.268. The lowest BCUT2D eigenvalue weighted by Gasteiger charge is -2.19. The van der Waals surface area contributed by atoms with Crippen molar-refractivity contribution in [3.8, 4) is 0 Å². The zero-order chi connectivity index (χ0) is 19.2. The maximum atomic E-state index is 5.44. The lowest BCUT2D eigenvalue weighted by molar-refractivity contribution is 0.116. The predicted molar refractivity (Wildman–Crippen MR) is 110 cm³/mol. The summed E-state index contributed by atoms with van der Waals surface area (Å²) in [6.07, 6.45) is 2.71. The van der Waals surface area contributed by atoms with E-state index in [1.165, 1.54) is 18.5 Å². The average Bonchev–Trinajstić information content (AvgIpc) is 3.39. The van der Waals surface area contributed by atoms with Crippen molar-refractivity contribution < 1.29 is 18.3 Å². The van der Waals surface area contributed by atoms with E-state index in [-0.39, 0.29) is 0 Å². The molecule has 3 N–H and O–H groups in total. The van der Waals surface area contributed by atoms with Gasteiger partial charge in [0.25, 0.3) is 0 Å². The molecule has 1 rings (SSSR count). The van der Waals surface area contributed by atoms with Crippen LogP contribution in [0, 0.1) is 0 Å². The third-order valence-electron chi connectivity index (χ3n) is 4.33. The fourth-order valence-corrected chi connectivity index (χ4v) is 4.48. The molecule has 0 radical (unpaired) electrons. The summed E-state index contributed by atoms with van der Waals surface area (Å²) >= 11 is 0. The molecule has 0 aromatic heterocycles. The molecule has 0 aromatic carbocycles. The fraction of sp³-hybridized carbons (Fsp3) is 1.00. The normalized spacial score (nSPS) is 17.2. The molecule has 0 aromatic rings. The third kappa shape index (κ3) is 17.4. The molecule has 152 valence electrons. The van der Waals surface area contributed by atoms with Gasteiger partial charge in [0.15, 0.2) is 16.6 Å². The van der Waals surface area contributed by atoms with Crippen molar-refractivity contribution in [2.24, 2.45) is 5.73 Å². The second kappa shape index (κ2) is 14.3. The molecule has 0 spiro atoms. The Morgan fingerprint density at radius 1 is 1.00 bits per heavy atom. The predicted octanol–water partition coefficient (Wildman–Crippen LogP) is 2.42. The van der Waals surface area contributed by atoms with Crippen LogP contribution in [0.3, 0.4) is 0 Å². The lowest BCUT2D eigenvalue weighted by Crippen LogP contribution is -2.30. The molecule has 1 unspecified atom stereocenters. The summed E-state index contributed by atoms with van der Waals surface area (Å²) in [6.45, 7) is 14.2. The van der Waals surface area contributed by atoms with Crippen LogP contribution in [0.25, 0.3) is 0 Å². The summed E-state index contributed by atoms with van der Waals surface area (Å²) in [4.78, 5) is 0. The van der Waals surface area contributed by atoms with Gasteiger partial charge in [-0.1, -0.05) is 0 Å². The Morgan fingerprint density at radius 3 is 2.04 bits per heavy atom. The number of ether oxygens (including phenoxy) is 2. The molecular formula is C17H42N2O4Si2. The molecule has 0 aliphatic carbocycles. The maximum Gasteiger partial charge on any atom is 0.186 e. The lowest BCUT2D eigenvalue weighted by atomic mass is 10.5. The Morgan fingerprint density at radius 2 is 1.56 bits per heavy atom. The van der Waals surface area contributed by atoms with Crippen LogP contribution < -0.4 is 11.1 Å². The standard InChI is InChI=1S/C9H20O3Si.C8H22N2OSi/c1-10-13(2,3)6-4-5-11-7-9-8-12-9;1-11-12(2,3)8-4-6-10-7-5-9/h9H,4-8H2,1-3H3;10H,4-9H2,1-3H3. The molecule has 0 saturated carbocycles. The van der Waals surface area contributed by atoms with Gasteiger partial charge >= 0.3 is 0 Å². The van der Waals surface area contributed by atoms with E-state index in [0.717, 1.165) is 45.9 Å². The van der Waals surface area contributed by atoms with Gasteiger partial charge in [0, 0.05) is 33.9 Å². The van der Waals surface area contributed by atoms with Crippen molar-refractivity contribution in [2.45, 2.75) is 57.2 Å². The SMILES string of the molecule is CO[Si](C)(C)CCCNCCN.CO[Si](C)(C)CCCOCC1CO1. The summed E-state index contributed by atoms with van der Waals surface area (Å²) in [5.74, 6) is 0. The molecule has 6 nitrogen and oxygen atoms in total. The van der Waals surface area contributed by atoms with Gasteiger partial charge in [-0.15, -0.1) is 0 Å². The fourth-order valence-electron chi connectivity index (χ4n) is 2.05. The Labute approximate surface area is 157 Å². The Hall–Kier alpha value is 0.194. The van der Waals surface area contributed by atoms with E-state index >= 15 is 0 Å². The van der Waals surface area contributed by atoms with Gasteiger partial charge in [-0.2, -0.15) is 0 Å². The minimum absolute atomic E-state index is 0.396. The number of rotatable bonds is 14. The monoisotopic (exact) mass is 394 g/mol. The van der Waals surface area contributed by atoms with E-state index in [1.54, 1.807) is 0 Å². The van der Waals surface area contributed by atoms with E-state index in [9.17, 15) is 0 Å². The van der Waals surface area contributed by atoms with Gasteiger partial charge in [0.2, 0.25) is 0 Å². The van der Waals surface area contributed by atoms with Crippen molar-refractivity contribution >= 4 is 16.6 Å². The Kier molecular flexibility index (Phi) is 14.4. The van der Waals surface area contributed by atoms with Crippen LogP contribution in [0.1, 0.15) is 12.8 Å². The van der Waals surface area contributed by atoms with Crippen LogP contribution in [0.5, 0.6) is 0 Å². The average molecular weight is 395 g/mol. The van der Waals surface area contributed by atoms with Crippen LogP contribution in [0.2, 0.25) is 38.3 Å². The first kappa shape index (κ1) is 25.2. The molecule has 8 heteroatoms. The van der Waals surface area contributed by atoms with Gasteiger partial charge in [-0.25, -0.2) is 0 Å². The van der Waals surface area contributed by atoms with Crippen molar-refractivity contribution in [3.63, 3.8) is 0 Å². The summed E-state index contributed by atoms with van der Waals surface area (Å²) in [5, 5.41) is 3.27. The number of hydrogen-bond donors (Lipinski definition) is 2. The van der Waals surface area contributed by atoms with Crippen LogP contribution in [-0.2, 0) is 18.3 Å². The van der Waals surface area contributed by atoms with Crippen LogP contribution in [0.15, 0.2) is 0 Å². The van der Waals surface area contributed by atoms with Crippen molar-refractivity contribution in [1.29, 1.82) is 0 Å².